The van der Waals surface area contributed by atoms with Crippen molar-refractivity contribution in [3.8, 4) is 0 Å². The molecule has 1 N–H and O–H groups in total. The Morgan fingerprint density at radius 1 is 1.25 bits per heavy atom. The third kappa shape index (κ3) is 4.59. The number of nitrogens with one attached hydrogen (secondary N) is 1. The van der Waals surface area contributed by atoms with E-state index in [1.54, 1.807) is 23.1 Å². The van der Waals surface area contributed by atoms with Crippen LogP contribution in [0, 0.1) is 0 Å². The number of nitrogens with zero attached hydrogens (tertiary/aromatic N) is 1. The quantitative estimate of drug-likeness (QED) is 0.490. The molecule has 3 aromatic rings. The fraction of sp³-hybridized carbons (Fsp3) is 0.222. The Kier molecular flexibility index (Phi) is 5.92. The van der Waals surface area contributed by atoms with Crippen LogP contribution in [0.4, 0.5) is 5.69 Å². The van der Waals surface area contributed by atoms with Gasteiger partial charge in [-0.1, -0.05) is 46.7 Å². The lowest BCUT2D eigenvalue weighted by molar-refractivity contribution is -0.116. The summed E-state index contributed by atoms with van der Waals surface area (Å²) in [5, 5.41) is 2.94. The van der Waals surface area contributed by atoms with Gasteiger partial charge in [0.2, 0.25) is 5.91 Å². The van der Waals surface area contributed by atoms with E-state index in [-0.39, 0.29) is 5.91 Å². The van der Waals surface area contributed by atoms with Crippen LogP contribution in [0.25, 0.3) is 10.2 Å². The summed E-state index contributed by atoms with van der Waals surface area (Å²) in [5.41, 5.74) is 3.09. The van der Waals surface area contributed by atoms with Gasteiger partial charge in [-0.05, 0) is 42.3 Å². The average molecular weight is 421 g/mol. The van der Waals surface area contributed by atoms with Crippen molar-refractivity contribution in [2.45, 2.75) is 29.9 Å². The molecule has 0 radical (unpaired) electrons. The van der Waals surface area contributed by atoms with Crippen LogP contribution in [-0.4, -0.2) is 10.9 Å². The van der Waals surface area contributed by atoms with E-state index >= 15 is 0 Å². The molecular formula is C18H17BrN2OS2. The van der Waals surface area contributed by atoms with Crippen molar-refractivity contribution in [3.05, 3.63) is 52.5 Å². The summed E-state index contributed by atoms with van der Waals surface area (Å²) >= 11 is 6.85. The molecule has 0 aliphatic rings. The molecule has 2 aromatic carbocycles. The van der Waals surface area contributed by atoms with Gasteiger partial charge in [-0.15, -0.1) is 11.3 Å². The van der Waals surface area contributed by atoms with E-state index in [9.17, 15) is 4.79 Å². The number of hydrogen-bond acceptors (Lipinski definition) is 4. The Morgan fingerprint density at radius 2 is 2.04 bits per heavy atom. The summed E-state index contributed by atoms with van der Waals surface area (Å²) in [6.45, 7) is 2.00. The molecule has 0 aliphatic carbocycles. The molecule has 3 nitrogen and oxygen atoms in total. The molecule has 0 fully saturated rings. The van der Waals surface area contributed by atoms with E-state index in [1.807, 2.05) is 25.1 Å². The Hall–Kier alpha value is -1.37. The Labute approximate surface area is 158 Å². The number of benzene rings is 2. The molecule has 24 heavy (non-hydrogen) atoms. The standard InChI is InChI=1S/C18H17BrN2OS2/c1-2-3-17(22)20-14-8-9-15-16(10-14)24-18(21-15)23-11-12-4-6-13(19)7-5-12/h4-10H,2-3,11H2,1H3,(H,20,22). The van der Waals surface area contributed by atoms with Crippen LogP contribution in [0.2, 0.25) is 0 Å². The van der Waals surface area contributed by atoms with Crippen molar-refractivity contribution >= 4 is 60.8 Å². The van der Waals surface area contributed by atoms with Gasteiger partial charge in [0, 0.05) is 22.3 Å². The predicted molar refractivity (Wildman–Crippen MR) is 107 cm³/mol. The van der Waals surface area contributed by atoms with Crippen molar-refractivity contribution in [1.29, 1.82) is 0 Å². The third-order valence-corrected chi connectivity index (χ3v) is 6.17. The van der Waals surface area contributed by atoms with Crippen LogP contribution < -0.4 is 5.32 Å². The second-order valence-corrected chi connectivity index (χ2v) is 8.54. The Balaban J connectivity index is 1.69. The first-order valence-electron chi connectivity index (χ1n) is 7.71. The molecule has 1 aromatic heterocycles. The molecule has 0 spiro atoms. The lowest BCUT2D eigenvalue weighted by Crippen LogP contribution is -2.10. The minimum atomic E-state index is 0.0613. The number of hydrogen-bond donors (Lipinski definition) is 1. The second kappa shape index (κ2) is 8.14. The Morgan fingerprint density at radius 3 is 2.79 bits per heavy atom. The summed E-state index contributed by atoms with van der Waals surface area (Å²) in [4.78, 5) is 16.4. The number of fused-ring (bicyclic) bond motifs is 1. The van der Waals surface area contributed by atoms with Gasteiger partial charge in [-0.3, -0.25) is 4.79 Å². The van der Waals surface area contributed by atoms with E-state index < -0.39 is 0 Å². The maximum absolute atomic E-state index is 11.7. The number of amides is 1. The first-order chi connectivity index (χ1) is 11.6. The van der Waals surface area contributed by atoms with Crippen LogP contribution in [-0.2, 0) is 10.5 Å². The zero-order valence-electron chi connectivity index (χ0n) is 13.2. The summed E-state index contributed by atoms with van der Waals surface area (Å²) in [6.07, 6.45) is 1.40. The number of thiazole rings is 1. The minimum absolute atomic E-state index is 0.0613. The summed E-state index contributed by atoms with van der Waals surface area (Å²) < 4.78 is 3.24. The van der Waals surface area contributed by atoms with Gasteiger partial charge in [0.05, 0.1) is 10.2 Å². The van der Waals surface area contributed by atoms with Crippen LogP contribution in [0.5, 0.6) is 0 Å². The number of carbonyl (C=O) groups is 1. The van der Waals surface area contributed by atoms with Gasteiger partial charge in [0.15, 0.2) is 4.34 Å². The van der Waals surface area contributed by atoms with Crippen molar-refractivity contribution in [2.24, 2.45) is 0 Å². The topological polar surface area (TPSA) is 42.0 Å². The molecule has 1 amide bonds. The molecule has 124 valence electrons. The van der Waals surface area contributed by atoms with E-state index in [4.69, 9.17) is 0 Å². The van der Waals surface area contributed by atoms with E-state index in [2.05, 4.69) is 50.5 Å². The van der Waals surface area contributed by atoms with Crippen LogP contribution >= 0.6 is 39.0 Å². The fourth-order valence-electron chi connectivity index (χ4n) is 2.22. The molecule has 6 heteroatoms. The third-order valence-electron chi connectivity index (χ3n) is 3.41. The highest BCUT2D eigenvalue weighted by atomic mass is 79.9. The highest BCUT2D eigenvalue weighted by Gasteiger charge is 2.07. The maximum atomic E-state index is 11.7. The van der Waals surface area contributed by atoms with Gasteiger partial charge in [0.1, 0.15) is 0 Å². The van der Waals surface area contributed by atoms with Gasteiger partial charge < -0.3 is 5.32 Å². The molecule has 3 rings (SSSR count). The molecule has 0 unspecified atom stereocenters. The molecule has 0 bridgehead atoms. The first-order valence-corrected chi connectivity index (χ1v) is 10.3. The average Bonchev–Trinajstić information content (AvgIpc) is 2.96. The highest BCUT2D eigenvalue weighted by Crippen LogP contribution is 2.33. The number of thioether (sulfide) groups is 1. The molecular weight excluding hydrogens is 404 g/mol. The second-order valence-electron chi connectivity index (χ2n) is 5.38. The maximum Gasteiger partial charge on any atom is 0.224 e. The van der Waals surface area contributed by atoms with E-state index in [0.717, 1.165) is 36.9 Å². The monoisotopic (exact) mass is 420 g/mol. The molecule has 0 saturated heterocycles. The number of anilines is 1. The van der Waals surface area contributed by atoms with E-state index in [1.165, 1.54) is 5.56 Å². The van der Waals surface area contributed by atoms with Gasteiger partial charge in [-0.25, -0.2) is 4.98 Å². The van der Waals surface area contributed by atoms with Gasteiger partial charge in [0.25, 0.3) is 0 Å². The number of halogens is 1. The van der Waals surface area contributed by atoms with Crippen molar-refractivity contribution in [2.75, 3.05) is 5.32 Å². The van der Waals surface area contributed by atoms with Crippen LogP contribution in [0.3, 0.4) is 0 Å². The lowest BCUT2D eigenvalue weighted by Gasteiger charge is -2.03. The van der Waals surface area contributed by atoms with Crippen LogP contribution in [0.15, 0.2) is 51.3 Å². The smallest absolute Gasteiger partial charge is 0.224 e. The highest BCUT2D eigenvalue weighted by molar-refractivity contribution is 9.10. The van der Waals surface area contributed by atoms with Crippen molar-refractivity contribution in [1.82, 2.24) is 4.98 Å². The number of aromatic nitrogens is 1. The van der Waals surface area contributed by atoms with Crippen molar-refractivity contribution < 1.29 is 4.79 Å². The summed E-state index contributed by atoms with van der Waals surface area (Å²) in [7, 11) is 0. The molecule has 0 aliphatic heterocycles. The number of carbonyl (C=O) groups excluding carboxylic acids is 1. The van der Waals surface area contributed by atoms with Crippen molar-refractivity contribution in [3.63, 3.8) is 0 Å². The van der Waals surface area contributed by atoms with Gasteiger partial charge >= 0.3 is 0 Å². The SMILES string of the molecule is CCCC(=O)Nc1ccc2nc(SCc3ccc(Br)cc3)sc2c1. The predicted octanol–water partition coefficient (Wildman–Crippen LogP) is 6.09. The minimum Gasteiger partial charge on any atom is -0.326 e. The summed E-state index contributed by atoms with van der Waals surface area (Å²) in [5.74, 6) is 0.957. The van der Waals surface area contributed by atoms with E-state index in [0.29, 0.717) is 6.42 Å². The van der Waals surface area contributed by atoms with Gasteiger partial charge in [-0.2, -0.15) is 0 Å². The normalized spacial score (nSPS) is 10.9. The first kappa shape index (κ1) is 17.5. The number of rotatable bonds is 6. The zero-order chi connectivity index (χ0) is 16.9. The Bertz CT molecular complexity index is 846. The summed E-state index contributed by atoms with van der Waals surface area (Å²) in [6, 6.07) is 14.2. The zero-order valence-corrected chi connectivity index (χ0v) is 16.4. The largest absolute Gasteiger partial charge is 0.326 e. The molecule has 0 saturated carbocycles. The fourth-order valence-corrected chi connectivity index (χ4v) is 4.55. The molecule has 1 heterocycles. The molecule has 0 atom stereocenters. The van der Waals surface area contributed by atoms with Crippen LogP contribution in [0.1, 0.15) is 25.3 Å². The lowest BCUT2D eigenvalue weighted by atomic mass is 10.2.